The lowest BCUT2D eigenvalue weighted by Crippen LogP contribution is -2.34. The molecule has 1 aromatic carbocycles. The summed E-state index contributed by atoms with van der Waals surface area (Å²) in [4.78, 5) is 2.09. The molecule has 18 heavy (non-hydrogen) atoms. The van der Waals surface area contributed by atoms with Crippen LogP contribution in [0.2, 0.25) is 0 Å². The van der Waals surface area contributed by atoms with Gasteiger partial charge in [-0.2, -0.15) is 5.26 Å². The fraction of sp³-hybridized carbons (Fsp3) is 0.500. The van der Waals surface area contributed by atoms with Crippen molar-refractivity contribution >= 4 is 0 Å². The van der Waals surface area contributed by atoms with Crippen LogP contribution in [0.15, 0.2) is 30.3 Å². The Morgan fingerprint density at radius 3 is 2.61 bits per heavy atom. The summed E-state index contributed by atoms with van der Waals surface area (Å²) in [5.41, 5.74) is 1.10. The Hall–Kier alpha value is -1.41. The maximum atomic E-state index is 9.13. The van der Waals surface area contributed by atoms with Gasteiger partial charge in [0.15, 0.2) is 0 Å². The van der Waals surface area contributed by atoms with Crippen LogP contribution in [-0.2, 0) is 4.74 Å². The number of aliphatic hydroxyl groups excluding tert-OH is 1. The van der Waals surface area contributed by atoms with Crippen molar-refractivity contribution in [2.45, 2.75) is 12.5 Å². The van der Waals surface area contributed by atoms with E-state index in [0.29, 0.717) is 26.1 Å². The van der Waals surface area contributed by atoms with Gasteiger partial charge < -0.3 is 9.84 Å². The summed E-state index contributed by atoms with van der Waals surface area (Å²) in [6.45, 7) is 1.93. The van der Waals surface area contributed by atoms with Crippen LogP contribution in [0.5, 0.6) is 0 Å². The van der Waals surface area contributed by atoms with Crippen molar-refractivity contribution < 1.29 is 9.84 Å². The lowest BCUT2D eigenvalue weighted by atomic mass is 10.0. The van der Waals surface area contributed by atoms with Gasteiger partial charge in [0.05, 0.1) is 25.7 Å². The van der Waals surface area contributed by atoms with Crippen LogP contribution in [-0.4, -0.2) is 43.4 Å². The van der Waals surface area contributed by atoms with E-state index in [0.717, 1.165) is 5.56 Å². The third kappa shape index (κ3) is 4.46. The second-order valence-corrected chi connectivity index (χ2v) is 4.04. The number of hydrogen-bond acceptors (Lipinski definition) is 4. The minimum absolute atomic E-state index is 0.0125. The third-order valence-electron chi connectivity index (χ3n) is 2.88. The number of hydrogen-bond donors (Lipinski definition) is 1. The van der Waals surface area contributed by atoms with Crippen molar-refractivity contribution in [3.8, 4) is 6.07 Å². The summed E-state index contributed by atoms with van der Waals surface area (Å²) in [6.07, 6.45) is 0.410. The van der Waals surface area contributed by atoms with Crippen molar-refractivity contribution in [2.75, 3.05) is 33.4 Å². The number of ether oxygens (including phenoxy) is 1. The Bertz CT molecular complexity index is 362. The Morgan fingerprint density at radius 2 is 2.06 bits per heavy atom. The highest BCUT2D eigenvalue weighted by atomic mass is 16.5. The molecule has 4 nitrogen and oxygen atoms in total. The Kier molecular flexibility index (Phi) is 7.04. The van der Waals surface area contributed by atoms with E-state index in [1.54, 1.807) is 7.11 Å². The van der Waals surface area contributed by atoms with Crippen LogP contribution in [0.25, 0.3) is 0 Å². The normalized spacial score (nSPS) is 12.3. The second-order valence-electron chi connectivity index (χ2n) is 4.04. The van der Waals surface area contributed by atoms with Crippen molar-refractivity contribution in [3.05, 3.63) is 35.9 Å². The van der Waals surface area contributed by atoms with Gasteiger partial charge in [0.2, 0.25) is 0 Å². The first-order chi connectivity index (χ1) is 8.83. The van der Waals surface area contributed by atoms with E-state index in [2.05, 4.69) is 11.0 Å². The lowest BCUT2D eigenvalue weighted by Gasteiger charge is -2.29. The average molecular weight is 248 g/mol. The van der Waals surface area contributed by atoms with E-state index in [1.165, 1.54) is 0 Å². The van der Waals surface area contributed by atoms with Gasteiger partial charge in [0.25, 0.3) is 0 Å². The minimum Gasteiger partial charge on any atom is -0.395 e. The monoisotopic (exact) mass is 248 g/mol. The first-order valence-corrected chi connectivity index (χ1v) is 6.09. The Morgan fingerprint density at radius 1 is 1.33 bits per heavy atom. The summed E-state index contributed by atoms with van der Waals surface area (Å²) in [7, 11) is 1.65. The van der Waals surface area contributed by atoms with Crippen LogP contribution in [0.4, 0.5) is 0 Å². The molecule has 0 amide bonds. The quantitative estimate of drug-likeness (QED) is 0.759. The lowest BCUT2D eigenvalue weighted by molar-refractivity contribution is 0.102. The molecule has 1 N–H and O–H groups in total. The molecule has 0 spiro atoms. The molecule has 0 aliphatic carbocycles. The van der Waals surface area contributed by atoms with E-state index in [9.17, 15) is 0 Å². The maximum Gasteiger partial charge on any atom is 0.0641 e. The fourth-order valence-electron chi connectivity index (χ4n) is 1.98. The first kappa shape index (κ1) is 14.7. The number of benzene rings is 1. The van der Waals surface area contributed by atoms with Gasteiger partial charge in [-0.1, -0.05) is 30.3 Å². The highest BCUT2D eigenvalue weighted by Crippen LogP contribution is 2.23. The molecule has 0 aliphatic rings. The molecule has 0 aromatic heterocycles. The smallest absolute Gasteiger partial charge is 0.0641 e. The van der Waals surface area contributed by atoms with Crippen LogP contribution >= 0.6 is 0 Å². The topological polar surface area (TPSA) is 56.5 Å². The van der Waals surface area contributed by atoms with Gasteiger partial charge in [-0.05, 0) is 5.56 Å². The van der Waals surface area contributed by atoms with E-state index >= 15 is 0 Å². The van der Waals surface area contributed by atoms with Gasteiger partial charge in [0.1, 0.15) is 0 Å². The van der Waals surface area contributed by atoms with Crippen molar-refractivity contribution in [3.63, 3.8) is 0 Å². The molecule has 0 fully saturated rings. The summed E-state index contributed by atoms with van der Waals surface area (Å²) >= 11 is 0. The molecular formula is C14H20N2O2. The van der Waals surface area contributed by atoms with E-state index in [4.69, 9.17) is 15.1 Å². The van der Waals surface area contributed by atoms with Crippen LogP contribution in [0.1, 0.15) is 18.0 Å². The number of nitrogens with zero attached hydrogens (tertiary/aromatic N) is 2. The zero-order chi connectivity index (χ0) is 13.2. The highest BCUT2D eigenvalue weighted by Gasteiger charge is 2.19. The predicted molar refractivity (Wildman–Crippen MR) is 69.9 cm³/mol. The zero-order valence-electron chi connectivity index (χ0n) is 10.7. The molecule has 0 heterocycles. The molecule has 4 heteroatoms. The average Bonchev–Trinajstić information content (AvgIpc) is 2.42. The molecule has 0 aliphatic heterocycles. The minimum atomic E-state index is 0.0125. The molecule has 1 atom stereocenters. The van der Waals surface area contributed by atoms with Gasteiger partial charge >= 0.3 is 0 Å². The number of methoxy groups -OCH3 is 1. The largest absolute Gasteiger partial charge is 0.395 e. The highest BCUT2D eigenvalue weighted by molar-refractivity contribution is 5.20. The van der Waals surface area contributed by atoms with Crippen molar-refractivity contribution in [1.29, 1.82) is 5.26 Å². The predicted octanol–water partition coefficient (Wildman–Crippen LogP) is 1.58. The standard InChI is InChI=1S/C14H20N2O2/c1-18-12-10-16(9-11-17)14(7-8-15)13-5-3-2-4-6-13/h2-6,14,17H,7,9-12H2,1H3. The molecular weight excluding hydrogens is 228 g/mol. The van der Waals surface area contributed by atoms with E-state index in [1.807, 2.05) is 30.3 Å². The van der Waals surface area contributed by atoms with Gasteiger partial charge in [-0.3, -0.25) is 4.90 Å². The molecule has 1 rings (SSSR count). The Balaban J connectivity index is 2.82. The first-order valence-electron chi connectivity index (χ1n) is 6.09. The molecule has 0 saturated heterocycles. The third-order valence-corrected chi connectivity index (χ3v) is 2.88. The van der Waals surface area contributed by atoms with Gasteiger partial charge in [-0.25, -0.2) is 0 Å². The van der Waals surface area contributed by atoms with Crippen LogP contribution in [0.3, 0.4) is 0 Å². The van der Waals surface area contributed by atoms with Crippen molar-refractivity contribution in [1.82, 2.24) is 4.90 Å². The molecule has 0 bridgehead atoms. The summed E-state index contributed by atoms with van der Waals surface area (Å²) in [5.74, 6) is 0. The number of nitriles is 1. The van der Waals surface area contributed by atoms with Crippen LogP contribution in [0, 0.1) is 11.3 Å². The SMILES string of the molecule is COCCN(CCO)C(CC#N)c1ccccc1. The Labute approximate surface area is 108 Å². The molecule has 1 unspecified atom stereocenters. The molecule has 98 valence electrons. The molecule has 0 saturated carbocycles. The molecule has 0 radical (unpaired) electrons. The number of rotatable bonds is 8. The second kappa shape index (κ2) is 8.65. The van der Waals surface area contributed by atoms with E-state index < -0.39 is 0 Å². The number of aliphatic hydroxyl groups is 1. The summed E-state index contributed by atoms with van der Waals surface area (Å²) in [5, 5.41) is 18.1. The van der Waals surface area contributed by atoms with E-state index in [-0.39, 0.29) is 12.6 Å². The maximum absolute atomic E-state index is 9.13. The summed E-state index contributed by atoms with van der Waals surface area (Å²) in [6, 6.07) is 12.1. The molecule has 1 aromatic rings. The van der Waals surface area contributed by atoms with Gasteiger partial charge in [-0.15, -0.1) is 0 Å². The fourth-order valence-corrected chi connectivity index (χ4v) is 1.98. The van der Waals surface area contributed by atoms with Gasteiger partial charge in [0, 0.05) is 26.2 Å². The van der Waals surface area contributed by atoms with Crippen molar-refractivity contribution in [2.24, 2.45) is 0 Å². The zero-order valence-corrected chi connectivity index (χ0v) is 10.7. The summed E-state index contributed by atoms with van der Waals surface area (Å²) < 4.78 is 5.08. The van der Waals surface area contributed by atoms with Crippen LogP contribution < -0.4 is 0 Å².